The number of hydrogen-bond acceptors (Lipinski definition) is 4. The molecule has 0 saturated heterocycles. The van der Waals surface area contributed by atoms with E-state index in [1.807, 2.05) is 26.0 Å². The Bertz CT molecular complexity index is 909. The van der Waals surface area contributed by atoms with Gasteiger partial charge in [-0.25, -0.2) is 0 Å². The molecule has 6 heteroatoms. The van der Waals surface area contributed by atoms with Gasteiger partial charge in [-0.05, 0) is 43.9 Å². The summed E-state index contributed by atoms with van der Waals surface area (Å²) in [6.07, 6.45) is 3.41. The van der Waals surface area contributed by atoms with Crippen molar-refractivity contribution in [3.05, 3.63) is 58.6 Å². The molecule has 3 aromatic rings. The summed E-state index contributed by atoms with van der Waals surface area (Å²) in [5.74, 6) is 0.710. The predicted molar refractivity (Wildman–Crippen MR) is 88.5 cm³/mol. The molecule has 24 heavy (non-hydrogen) atoms. The number of hydrogen-bond donors (Lipinski definition) is 2. The molecule has 122 valence electrons. The Morgan fingerprint density at radius 1 is 1.33 bits per heavy atom. The minimum atomic E-state index is -0.0877. The summed E-state index contributed by atoms with van der Waals surface area (Å²) in [6.45, 7) is 3.73. The van der Waals surface area contributed by atoms with Crippen molar-refractivity contribution in [2.24, 2.45) is 0 Å². The monoisotopic (exact) mass is 322 g/mol. The number of rotatable bonds is 3. The zero-order chi connectivity index (χ0) is 16.7. The van der Waals surface area contributed by atoms with Gasteiger partial charge in [-0.3, -0.25) is 9.89 Å². The van der Waals surface area contributed by atoms with Crippen LogP contribution < -0.4 is 5.32 Å². The first-order valence-electron chi connectivity index (χ1n) is 7.99. The number of carbonyl (C=O) groups is 1. The van der Waals surface area contributed by atoms with Gasteiger partial charge < -0.3 is 9.84 Å². The summed E-state index contributed by atoms with van der Waals surface area (Å²) in [4.78, 5) is 12.4. The van der Waals surface area contributed by atoms with Gasteiger partial charge in [0.1, 0.15) is 11.5 Å². The molecule has 2 N–H and O–H groups in total. The van der Waals surface area contributed by atoms with Crippen LogP contribution in [0, 0.1) is 13.8 Å². The third-order valence-electron chi connectivity index (χ3n) is 4.52. The van der Waals surface area contributed by atoms with E-state index < -0.39 is 0 Å². The van der Waals surface area contributed by atoms with E-state index in [-0.39, 0.29) is 11.9 Å². The number of aromatic nitrogens is 3. The maximum atomic E-state index is 12.4. The number of carbonyl (C=O) groups excluding carboxylic acids is 1. The van der Waals surface area contributed by atoms with E-state index in [0.717, 1.165) is 35.6 Å². The Labute approximate surface area is 139 Å². The summed E-state index contributed by atoms with van der Waals surface area (Å²) in [5.41, 5.74) is 5.69. The smallest absolute Gasteiger partial charge is 0.255 e. The van der Waals surface area contributed by atoms with Gasteiger partial charge in [-0.15, -0.1) is 0 Å². The molecule has 0 spiro atoms. The average molecular weight is 322 g/mol. The zero-order valence-electron chi connectivity index (χ0n) is 13.6. The van der Waals surface area contributed by atoms with E-state index in [0.29, 0.717) is 5.56 Å². The molecule has 1 aliphatic rings. The Morgan fingerprint density at radius 3 is 2.92 bits per heavy atom. The number of aryl methyl sites for hydroxylation is 3. The summed E-state index contributed by atoms with van der Waals surface area (Å²) < 4.78 is 5.15. The molecule has 2 aromatic heterocycles. The Hall–Kier alpha value is -2.89. The first-order chi connectivity index (χ1) is 11.6. The maximum absolute atomic E-state index is 12.4. The zero-order valence-corrected chi connectivity index (χ0v) is 13.6. The Balaban J connectivity index is 1.56. The van der Waals surface area contributed by atoms with Gasteiger partial charge in [0.15, 0.2) is 0 Å². The topological polar surface area (TPSA) is 83.8 Å². The second-order valence-electron chi connectivity index (χ2n) is 6.21. The minimum Gasteiger partial charge on any atom is -0.361 e. The highest BCUT2D eigenvalue weighted by molar-refractivity contribution is 5.95. The van der Waals surface area contributed by atoms with Crippen LogP contribution in [0.15, 0.2) is 35.0 Å². The fourth-order valence-electron chi connectivity index (χ4n) is 3.24. The van der Waals surface area contributed by atoms with Gasteiger partial charge >= 0.3 is 0 Å². The standard InChI is InChI=1S/C18H18N4O2/c1-10-7-17(22-24-10)13-3-5-14-12(8-13)4-6-16(14)20-18(23)15-9-19-21-11(15)2/h3,5,7-9,16H,4,6H2,1-2H3,(H,19,21)(H,20,23)/t16-/m1/s1. The summed E-state index contributed by atoms with van der Waals surface area (Å²) in [7, 11) is 0. The number of amides is 1. The van der Waals surface area contributed by atoms with Gasteiger partial charge in [-0.2, -0.15) is 5.10 Å². The molecule has 0 bridgehead atoms. The highest BCUT2D eigenvalue weighted by Crippen LogP contribution is 2.34. The van der Waals surface area contributed by atoms with Crippen LogP contribution in [-0.2, 0) is 6.42 Å². The van der Waals surface area contributed by atoms with Gasteiger partial charge in [0, 0.05) is 17.3 Å². The molecule has 1 amide bonds. The van der Waals surface area contributed by atoms with Crippen molar-refractivity contribution in [1.82, 2.24) is 20.7 Å². The molecular formula is C18H18N4O2. The van der Waals surface area contributed by atoms with Crippen molar-refractivity contribution in [3.8, 4) is 11.3 Å². The highest BCUT2D eigenvalue weighted by Gasteiger charge is 2.25. The lowest BCUT2D eigenvalue weighted by Gasteiger charge is -2.14. The Morgan fingerprint density at radius 2 is 2.21 bits per heavy atom. The van der Waals surface area contributed by atoms with Crippen LogP contribution in [0.1, 0.15) is 45.4 Å². The molecule has 1 atom stereocenters. The van der Waals surface area contributed by atoms with E-state index in [4.69, 9.17) is 4.52 Å². The molecule has 0 fully saturated rings. The van der Waals surface area contributed by atoms with Crippen molar-refractivity contribution in [3.63, 3.8) is 0 Å². The maximum Gasteiger partial charge on any atom is 0.255 e. The van der Waals surface area contributed by atoms with E-state index in [1.54, 1.807) is 6.20 Å². The number of fused-ring (bicyclic) bond motifs is 1. The van der Waals surface area contributed by atoms with Crippen LogP contribution in [0.5, 0.6) is 0 Å². The van der Waals surface area contributed by atoms with Crippen molar-refractivity contribution in [2.45, 2.75) is 32.7 Å². The van der Waals surface area contributed by atoms with Crippen molar-refractivity contribution in [2.75, 3.05) is 0 Å². The van der Waals surface area contributed by atoms with E-state index >= 15 is 0 Å². The largest absolute Gasteiger partial charge is 0.361 e. The molecule has 0 aliphatic heterocycles. The van der Waals surface area contributed by atoms with E-state index in [1.165, 1.54) is 11.1 Å². The van der Waals surface area contributed by atoms with Crippen LogP contribution in [0.2, 0.25) is 0 Å². The van der Waals surface area contributed by atoms with Crippen LogP contribution >= 0.6 is 0 Å². The SMILES string of the molecule is Cc1cc(-c2ccc3c(c2)CC[C@H]3NC(=O)c2cn[nH]c2C)no1. The summed E-state index contributed by atoms with van der Waals surface area (Å²) in [6, 6.07) is 8.22. The van der Waals surface area contributed by atoms with Crippen LogP contribution in [-0.4, -0.2) is 21.3 Å². The second kappa shape index (κ2) is 5.63. The number of benzene rings is 1. The summed E-state index contributed by atoms with van der Waals surface area (Å²) >= 11 is 0. The number of aromatic amines is 1. The third-order valence-corrected chi connectivity index (χ3v) is 4.52. The fourth-order valence-corrected chi connectivity index (χ4v) is 3.24. The van der Waals surface area contributed by atoms with Crippen molar-refractivity contribution in [1.29, 1.82) is 0 Å². The lowest BCUT2D eigenvalue weighted by molar-refractivity contribution is 0.0936. The third kappa shape index (κ3) is 2.50. The number of H-pyrrole nitrogens is 1. The lowest BCUT2D eigenvalue weighted by Crippen LogP contribution is -2.27. The normalized spacial score (nSPS) is 16.2. The quantitative estimate of drug-likeness (QED) is 0.776. The highest BCUT2D eigenvalue weighted by atomic mass is 16.5. The van der Waals surface area contributed by atoms with Gasteiger partial charge in [0.2, 0.25) is 0 Å². The second-order valence-corrected chi connectivity index (χ2v) is 6.21. The van der Waals surface area contributed by atoms with Crippen molar-refractivity contribution < 1.29 is 9.32 Å². The minimum absolute atomic E-state index is 0.0369. The van der Waals surface area contributed by atoms with Gasteiger partial charge in [0.05, 0.1) is 17.8 Å². The first kappa shape index (κ1) is 14.7. The molecule has 0 saturated carbocycles. The average Bonchev–Trinajstić information content (AvgIpc) is 3.27. The molecule has 2 heterocycles. The molecule has 6 nitrogen and oxygen atoms in total. The van der Waals surface area contributed by atoms with Gasteiger partial charge in [-0.1, -0.05) is 17.3 Å². The molecule has 1 aromatic carbocycles. The van der Waals surface area contributed by atoms with Crippen LogP contribution in [0.3, 0.4) is 0 Å². The van der Waals surface area contributed by atoms with Crippen LogP contribution in [0.25, 0.3) is 11.3 Å². The van der Waals surface area contributed by atoms with E-state index in [9.17, 15) is 4.79 Å². The molecule has 4 rings (SSSR count). The van der Waals surface area contributed by atoms with E-state index in [2.05, 4.69) is 32.8 Å². The molecule has 0 radical (unpaired) electrons. The number of nitrogens with one attached hydrogen (secondary N) is 2. The molecule has 0 unspecified atom stereocenters. The molecular weight excluding hydrogens is 304 g/mol. The summed E-state index contributed by atoms with van der Waals surface area (Å²) in [5, 5.41) is 13.9. The fraction of sp³-hybridized carbons (Fsp3) is 0.278. The first-order valence-corrected chi connectivity index (χ1v) is 7.99. The predicted octanol–water partition coefficient (Wildman–Crippen LogP) is 3.10. The lowest BCUT2D eigenvalue weighted by atomic mass is 10.0. The molecule has 1 aliphatic carbocycles. The van der Waals surface area contributed by atoms with Gasteiger partial charge in [0.25, 0.3) is 5.91 Å². The van der Waals surface area contributed by atoms with Crippen molar-refractivity contribution >= 4 is 5.91 Å². The Kier molecular flexibility index (Phi) is 3.45. The van der Waals surface area contributed by atoms with Crippen LogP contribution in [0.4, 0.5) is 0 Å². The number of nitrogens with zero attached hydrogens (tertiary/aromatic N) is 2.